The molecular weight excluding hydrogens is 306 g/mol. The van der Waals surface area contributed by atoms with Gasteiger partial charge in [0.05, 0.1) is 0 Å². The van der Waals surface area contributed by atoms with E-state index in [9.17, 15) is 18.4 Å². The molecule has 1 aromatic carbocycles. The van der Waals surface area contributed by atoms with Gasteiger partial charge in [0.1, 0.15) is 11.6 Å². The Hall–Kier alpha value is -2.51. The Kier molecular flexibility index (Phi) is 5.25. The number of amides is 1. The van der Waals surface area contributed by atoms with Crippen LogP contribution < -0.4 is 11.0 Å². The third-order valence-electron chi connectivity index (χ3n) is 3.64. The molecule has 1 aromatic heterocycles. The summed E-state index contributed by atoms with van der Waals surface area (Å²) in [6.45, 7) is 2.21. The minimum absolute atomic E-state index is 0.0191. The van der Waals surface area contributed by atoms with Crippen molar-refractivity contribution < 1.29 is 13.6 Å². The van der Waals surface area contributed by atoms with Crippen molar-refractivity contribution in [3.63, 3.8) is 0 Å². The van der Waals surface area contributed by atoms with Crippen molar-refractivity contribution in [1.82, 2.24) is 20.1 Å². The van der Waals surface area contributed by atoms with Crippen molar-refractivity contribution in [2.24, 2.45) is 13.0 Å². The first kappa shape index (κ1) is 16.9. The molecule has 0 saturated carbocycles. The Morgan fingerprint density at radius 3 is 2.74 bits per heavy atom. The Morgan fingerprint density at radius 1 is 1.43 bits per heavy atom. The maximum Gasteiger partial charge on any atom is 0.343 e. The molecule has 2 rings (SSSR count). The Labute approximate surface area is 131 Å². The van der Waals surface area contributed by atoms with E-state index >= 15 is 0 Å². The van der Waals surface area contributed by atoms with Crippen molar-refractivity contribution in [1.29, 1.82) is 0 Å². The maximum atomic E-state index is 13.7. The number of hydrogen-bond acceptors (Lipinski definition) is 3. The summed E-state index contributed by atoms with van der Waals surface area (Å²) < 4.78 is 27.6. The molecule has 8 heteroatoms. The molecule has 1 atom stereocenters. The lowest BCUT2D eigenvalue weighted by Crippen LogP contribution is -2.31. The first-order valence-electron chi connectivity index (χ1n) is 7.26. The molecular formula is C15H18F2N4O2. The van der Waals surface area contributed by atoms with Crippen LogP contribution in [0.15, 0.2) is 23.0 Å². The van der Waals surface area contributed by atoms with Gasteiger partial charge >= 0.3 is 5.69 Å². The standard InChI is InChI=1S/C15H18F2N4O2/c1-3-9(6-10-4-5-11(16)7-12(10)17)8-18-14(22)13-19-15(23)21(2)20-13/h4-5,7,9H,3,6,8H2,1-2H3,(H,18,22)(H,19,20,23)/t9-/m0/s1. The van der Waals surface area contributed by atoms with E-state index in [1.807, 2.05) is 6.92 Å². The lowest BCUT2D eigenvalue weighted by Gasteiger charge is -2.15. The average molecular weight is 324 g/mol. The number of rotatable bonds is 6. The SMILES string of the molecule is CC[C@H](CNC(=O)c1nn(C)c(=O)[nH]1)Cc1ccc(F)cc1F. The van der Waals surface area contributed by atoms with E-state index in [-0.39, 0.29) is 11.7 Å². The summed E-state index contributed by atoms with van der Waals surface area (Å²) in [7, 11) is 1.43. The van der Waals surface area contributed by atoms with Crippen LogP contribution in [0.1, 0.15) is 29.5 Å². The molecule has 2 N–H and O–H groups in total. The zero-order valence-corrected chi connectivity index (χ0v) is 12.9. The highest BCUT2D eigenvalue weighted by Gasteiger charge is 2.16. The van der Waals surface area contributed by atoms with E-state index in [4.69, 9.17) is 0 Å². The van der Waals surface area contributed by atoms with E-state index in [1.54, 1.807) is 0 Å². The average Bonchev–Trinajstić information content (AvgIpc) is 2.85. The molecule has 1 amide bonds. The molecule has 1 heterocycles. The second-order valence-corrected chi connectivity index (χ2v) is 5.33. The summed E-state index contributed by atoms with van der Waals surface area (Å²) in [5, 5.41) is 6.42. The number of H-pyrrole nitrogens is 1. The van der Waals surface area contributed by atoms with Crippen LogP contribution in [0, 0.1) is 17.6 Å². The minimum Gasteiger partial charge on any atom is -0.349 e. The molecule has 0 fully saturated rings. The van der Waals surface area contributed by atoms with E-state index < -0.39 is 23.2 Å². The van der Waals surface area contributed by atoms with Crippen molar-refractivity contribution in [2.75, 3.05) is 6.54 Å². The smallest absolute Gasteiger partial charge is 0.343 e. The predicted molar refractivity (Wildman–Crippen MR) is 80.0 cm³/mol. The molecule has 2 aromatic rings. The molecule has 0 aliphatic heterocycles. The fraction of sp³-hybridized carbons (Fsp3) is 0.400. The largest absolute Gasteiger partial charge is 0.349 e. The highest BCUT2D eigenvalue weighted by Crippen LogP contribution is 2.16. The summed E-state index contributed by atoms with van der Waals surface area (Å²) in [4.78, 5) is 25.5. The van der Waals surface area contributed by atoms with Crippen molar-refractivity contribution in [3.05, 3.63) is 51.7 Å². The van der Waals surface area contributed by atoms with Crippen LogP contribution in [-0.4, -0.2) is 27.2 Å². The summed E-state index contributed by atoms with van der Waals surface area (Å²) in [5.74, 6) is -1.80. The maximum absolute atomic E-state index is 13.7. The summed E-state index contributed by atoms with van der Waals surface area (Å²) in [6.07, 6.45) is 1.08. The number of halogens is 2. The lowest BCUT2D eigenvalue weighted by atomic mass is 9.96. The number of nitrogens with zero attached hydrogens (tertiary/aromatic N) is 2. The topological polar surface area (TPSA) is 79.8 Å². The van der Waals surface area contributed by atoms with Gasteiger partial charge in [0.2, 0.25) is 5.82 Å². The van der Waals surface area contributed by atoms with Gasteiger partial charge in [0, 0.05) is 19.7 Å². The fourth-order valence-electron chi connectivity index (χ4n) is 2.18. The number of carbonyl (C=O) groups is 1. The predicted octanol–water partition coefficient (Wildman–Crippen LogP) is 1.39. The van der Waals surface area contributed by atoms with E-state index in [2.05, 4.69) is 15.4 Å². The van der Waals surface area contributed by atoms with Crippen LogP contribution in [0.25, 0.3) is 0 Å². The van der Waals surface area contributed by atoms with Crippen LogP contribution in [0.4, 0.5) is 8.78 Å². The normalized spacial score (nSPS) is 12.2. The third kappa shape index (κ3) is 4.24. The van der Waals surface area contributed by atoms with Crippen molar-refractivity contribution in [3.8, 4) is 0 Å². The number of aromatic nitrogens is 3. The monoisotopic (exact) mass is 324 g/mol. The fourth-order valence-corrected chi connectivity index (χ4v) is 2.18. The number of carbonyl (C=O) groups excluding carboxylic acids is 1. The molecule has 0 unspecified atom stereocenters. The van der Waals surface area contributed by atoms with Crippen LogP contribution in [0.5, 0.6) is 0 Å². The first-order chi connectivity index (χ1) is 10.9. The lowest BCUT2D eigenvalue weighted by molar-refractivity contribution is 0.0936. The van der Waals surface area contributed by atoms with Crippen molar-refractivity contribution >= 4 is 5.91 Å². The van der Waals surface area contributed by atoms with Gasteiger partial charge in [0.15, 0.2) is 0 Å². The van der Waals surface area contributed by atoms with Crippen LogP contribution in [-0.2, 0) is 13.5 Å². The van der Waals surface area contributed by atoms with E-state index in [0.717, 1.165) is 10.7 Å². The van der Waals surface area contributed by atoms with E-state index in [1.165, 1.54) is 19.2 Å². The molecule has 0 saturated heterocycles. The molecule has 0 spiro atoms. The van der Waals surface area contributed by atoms with Gasteiger partial charge in [-0.25, -0.2) is 18.3 Å². The quantitative estimate of drug-likeness (QED) is 0.842. The van der Waals surface area contributed by atoms with Gasteiger partial charge in [0.25, 0.3) is 5.91 Å². The number of hydrogen-bond donors (Lipinski definition) is 2. The van der Waals surface area contributed by atoms with Gasteiger partial charge < -0.3 is 5.32 Å². The summed E-state index contributed by atoms with van der Waals surface area (Å²) in [6, 6.07) is 3.47. The van der Waals surface area contributed by atoms with Crippen LogP contribution in [0.3, 0.4) is 0 Å². The van der Waals surface area contributed by atoms with Gasteiger partial charge in [-0.1, -0.05) is 19.4 Å². The third-order valence-corrected chi connectivity index (χ3v) is 3.64. The van der Waals surface area contributed by atoms with Gasteiger partial charge in [-0.3, -0.25) is 9.78 Å². The van der Waals surface area contributed by atoms with Gasteiger partial charge in [-0.15, -0.1) is 5.10 Å². The second-order valence-electron chi connectivity index (χ2n) is 5.33. The highest BCUT2D eigenvalue weighted by atomic mass is 19.1. The zero-order chi connectivity index (χ0) is 17.0. The number of aromatic amines is 1. The number of nitrogens with one attached hydrogen (secondary N) is 2. The Balaban J connectivity index is 1.96. The zero-order valence-electron chi connectivity index (χ0n) is 12.9. The summed E-state index contributed by atoms with van der Waals surface area (Å²) in [5.41, 5.74) is -0.0747. The Morgan fingerprint density at radius 2 is 2.17 bits per heavy atom. The molecule has 0 bridgehead atoms. The highest BCUT2D eigenvalue weighted by molar-refractivity contribution is 5.90. The van der Waals surface area contributed by atoms with Gasteiger partial charge in [-0.05, 0) is 24.0 Å². The molecule has 0 aliphatic carbocycles. The molecule has 23 heavy (non-hydrogen) atoms. The summed E-state index contributed by atoms with van der Waals surface area (Å²) >= 11 is 0. The number of benzene rings is 1. The van der Waals surface area contributed by atoms with Crippen molar-refractivity contribution in [2.45, 2.75) is 19.8 Å². The minimum atomic E-state index is -0.619. The number of aryl methyl sites for hydroxylation is 1. The molecule has 124 valence electrons. The Bertz CT molecular complexity index is 754. The van der Waals surface area contributed by atoms with Crippen LogP contribution in [0.2, 0.25) is 0 Å². The second kappa shape index (κ2) is 7.17. The first-order valence-corrected chi connectivity index (χ1v) is 7.26. The van der Waals surface area contributed by atoms with E-state index in [0.29, 0.717) is 24.9 Å². The molecule has 0 radical (unpaired) electrons. The van der Waals surface area contributed by atoms with Gasteiger partial charge in [-0.2, -0.15) is 0 Å². The molecule has 6 nitrogen and oxygen atoms in total. The molecule has 0 aliphatic rings. The van der Waals surface area contributed by atoms with Crippen LogP contribution >= 0.6 is 0 Å².